The monoisotopic (exact) mass is 562 g/mol. The number of aromatic nitrogens is 4. The Morgan fingerprint density at radius 2 is 1.82 bits per heavy atom. The van der Waals surface area contributed by atoms with Crippen LogP contribution < -0.4 is 9.74 Å². The number of hydrogen-bond donors (Lipinski definition) is 1. The van der Waals surface area contributed by atoms with Gasteiger partial charge in [0.25, 0.3) is 0 Å². The van der Waals surface area contributed by atoms with E-state index in [1.807, 2.05) is 0 Å². The van der Waals surface area contributed by atoms with E-state index >= 15 is 0 Å². The highest BCUT2D eigenvalue weighted by Crippen LogP contribution is 2.30. The first-order valence-electron chi connectivity index (χ1n) is 10.5. The summed E-state index contributed by atoms with van der Waals surface area (Å²) < 4.78 is 78.2. The zero-order chi connectivity index (χ0) is 28.5. The van der Waals surface area contributed by atoms with E-state index in [4.69, 9.17) is 9.15 Å². The second kappa shape index (κ2) is 12.8. The van der Waals surface area contributed by atoms with Gasteiger partial charge in [0.1, 0.15) is 5.69 Å². The first-order valence-corrected chi connectivity index (χ1v) is 11.9. The molecule has 0 aromatic carbocycles. The lowest BCUT2D eigenvalue weighted by atomic mass is 10.0. The first kappa shape index (κ1) is 29.9. The molecule has 1 atom stereocenters. The summed E-state index contributed by atoms with van der Waals surface area (Å²) >= 11 is 0. The van der Waals surface area contributed by atoms with Crippen molar-refractivity contribution in [1.29, 1.82) is 0 Å². The second-order valence-corrected chi connectivity index (χ2v) is 8.56. The molecule has 3 rings (SSSR count). The van der Waals surface area contributed by atoms with Crippen LogP contribution in [0.25, 0.3) is 0 Å². The molecule has 0 saturated carbocycles. The summed E-state index contributed by atoms with van der Waals surface area (Å²) in [6, 6.07) is 7.78. The lowest BCUT2D eigenvalue weighted by Crippen LogP contribution is -2.28. The molecule has 0 bridgehead atoms. The van der Waals surface area contributed by atoms with Crippen molar-refractivity contribution in [2.75, 3.05) is 13.7 Å². The van der Waals surface area contributed by atoms with Crippen LogP contribution >= 0.6 is 0 Å². The number of carbonyl (C=O) groups is 2. The molecule has 17 heteroatoms. The lowest BCUT2D eigenvalue weighted by molar-refractivity contribution is -0.143. The van der Waals surface area contributed by atoms with Gasteiger partial charge in [-0.25, -0.2) is 9.78 Å². The van der Waals surface area contributed by atoms with Crippen LogP contribution in [0, 0.1) is 6.92 Å². The van der Waals surface area contributed by atoms with Crippen molar-refractivity contribution >= 4 is 22.1 Å². The molecule has 1 unspecified atom stereocenters. The summed E-state index contributed by atoms with van der Waals surface area (Å²) in [5, 5.41) is 7.40. The maximum absolute atomic E-state index is 12.5. The fraction of sp³-hybridized carbons (Fsp3) is 0.333. The average Bonchev–Trinajstić information content (AvgIpc) is 3.27. The molecule has 0 amide bonds. The van der Waals surface area contributed by atoms with Gasteiger partial charge in [-0.05, 0) is 19.1 Å². The SMILES string of the molecule is CCOC(=O)CC(c1cccc(OS(=O)(=O)C(F)(F)F)n1)c1nnc(C)o1.COC(=O)c1cccc(=O)[nH]1. The third kappa shape index (κ3) is 8.39. The van der Waals surface area contributed by atoms with Crippen LogP contribution in [-0.4, -0.2) is 59.7 Å². The van der Waals surface area contributed by atoms with Gasteiger partial charge in [0, 0.05) is 19.1 Å². The number of aromatic amines is 1. The number of nitrogens with one attached hydrogen (secondary N) is 1. The average molecular weight is 562 g/mol. The molecular formula is C21H21F3N4O9S. The van der Waals surface area contributed by atoms with Gasteiger partial charge < -0.3 is 23.1 Å². The van der Waals surface area contributed by atoms with Crippen LogP contribution in [0.1, 0.15) is 47.2 Å². The van der Waals surface area contributed by atoms with Gasteiger partial charge in [-0.1, -0.05) is 12.1 Å². The van der Waals surface area contributed by atoms with Gasteiger partial charge in [0.2, 0.25) is 23.2 Å². The molecule has 0 aliphatic carbocycles. The summed E-state index contributed by atoms with van der Waals surface area (Å²) in [6.45, 7) is 3.20. The smallest absolute Gasteiger partial charge is 0.466 e. The minimum atomic E-state index is -5.89. The minimum absolute atomic E-state index is 0.0124. The molecule has 0 radical (unpaired) electrons. The Morgan fingerprint density at radius 3 is 2.37 bits per heavy atom. The van der Waals surface area contributed by atoms with Crippen molar-refractivity contribution in [3.05, 3.63) is 69.9 Å². The number of esters is 2. The Labute approximate surface area is 213 Å². The first-order chi connectivity index (χ1) is 17.8. The topological polar surface area (TPSA) is 181 Å². The van der Waals surface area contributed by atoms with Crippen molar-refractivity contribution in [3.8, 4) is 5.88 Å². The molecular weight excluding hydrogens is 541 g/mol. The van der Waals surface area contributed by atoms with Crippen LogP contribution in [0.5, 0.6) is 5.88 Å². The molecule has 0 fully saturated rings. The van der Waals surface area contributed by atoms with Crippen LogP contribution in [-0.2, 0) is 24.4 Å². The van der Waals surface area contributed by atoms with Crippen LogP contribution in [0.3, 0.4) is 0 Å². The molecule has 3 aromatic heterocycles. The van der Waals surface area contributed by atoms with Gasteiger partial charge in [0.05, 0.1) is 31.7 Å². The van der Waals surface area contributed by atoms with E-state index in [1.165, 1.54) is 44.4 Å². The Morgan fingerprint density at radius 1 is 1.13 bits per heavy atom. The zero-order valence-electron chi connectivity index (χ0n) is 20.0. The Kier molecular flexibility index (Phi) is 10.1. The van der Waals surface area contributed by atoms with Crippen molar-refractivity contribution < 1.29 is 49.3 Å². The highest BCUT2D eigenvalue weighted by Gasteiger charge is 2.49. The van der Waals surface area contributed by atoms with Crippen molar-refractivity contribution in [2.24, 2.45) is 0 Å². The Hall–Kier alpha value is -4.28. The maximum Gasteiger partial charge on any atom is 0.534 e. The number of hydrogen-bond acceptors (Lipinski definition) is 12. The van der Waals surface area contributed by atoms with E-state index in [2.05, 4.69) is 29.1 Å². The van der Waals surface area contributed by atoms with Crippen molar-refractivity contribution in [3.63, 3.8) is 0 Å². The van der Waals surface area contributed by atoms with Gasteiger partial charge in [-0.2, -0.15) is 21.6 Å². The van der Waals surface area contributed by atoms with E-state index in [1.54, 1.807) is 6.92 Å². The van der Waals surface area contributed by atoms with Gasteiger partial charge in [-0.15, -0.1) is 10.2 Å². The maximum atomic E-state index is 12.5. The minimum Gasteiger partial charge on any atom is -0.466 e. The van der Waals surface area contributed by atoms with E-state index < -0.39 is 39.4 Å². The summed E-state index contributed by atoms with van der Waals surface area (Å²) in [7, 11) is -4.63. The number of rotatable bonds is 8. The van der Waals surface area contributed by atoms with Crippen molar-refractivity contribution in [1.82, 2.24) is 20.2 Å². The summed E-state index contributed by atoms with van der Waals surface area (Å²) in [4.78, 5) is 39.3. The number of methoxy groups -OCH3 is 1. The lowest BCUT2D eigenvalue weighted by Gasteiger charge is -2.14. The standard InChI is InChI=1S/C14H14F3N3O6S.C7H7NO3/c1-3-24-12(21)7-9(13-20-19-8(2)25-13)10-5-4-6-11(18-10)26-27(22,23)14(15,16)17;1-11-7(10)5-3-2-4-6(9)8-5/h4-6,9H,3,7H2,1-2H3;2-4H,1H3,(H,8,9). The number of aryl methyl sites for hydroxylation is 1. The van der Waals surface area contributed by atoms with Gasteiger partial charge >= 0.3 is 27.6 Å². The van der Waals surface area contributed by atoms with Crippen LogP contribution in [0.2, 0.25) is 0 Å². The number of halogens is 3. The highest BCUT2D eigenvalue weighted by atomic mass is 32.2. The molecule has 1 N–H and O–H groups in total. The quantitative estimate of drug-likeness (QED) is 0.241. The number of pyridine rings is 2. The molecule has 13 nitrogen and oxygen atoms in total. The second-order valence-electron chi connectivity index (χ2n) is 7.03. The third-order valence-corrected chi connectivity index (χ3v) is 5.23. The highest BCUT2D eigenvalue weighted by molar-refractivity contribution is 7.87. The number of alkyl halides is 3. The molecule has 38 heavy (non-hydrogen) atoms. The van der Waals surface area contributed by atoms with E-state index in [-0.39, 0.29) is 41.8 Å². The number of nitrogens with zero attached hydrogens (tertiary/aromatic N) is 3. The molecule has 0 aliphatic heterocycles. The van der Waals surface area contributed by atoms with E-state index in [0.717, 1.165) is 6.07 Å². The predicted molar refractivity (Wildman–Crippen MR) is 120 cm³/mol. The summed E-state index contributed by atoms with van der Waals surface area (Å²) in [6.07, 6.45) is -0.308. The molecule has 3 heterocycles. The number of ether oxygens (including phenoxy) is 2. The summed E-state index contributed by atoms with van der Waals surface area (Å²) in [5.74, 6) is -2.83. The fourth-order valence-electron chi connectivity index (χ4n) is 2.67. The van der Waals surface area contributed by atoms with Gasteiger partial charge in [-0.3, -0.25) is 9.59 Å². The number of carbonyl (C=O) groups excluding carboxylic acids is 2. The van der Waals surface area contributed by atoms with E-state index in [0.29, 0.717) is 0 Å². The Balaban J connectivity index is 0.000000384. The van der Waals surface area contributed by atoms with Crippen molar-refractivity contribution in [2.45, 2.75) is 31.7 Å². The number of H-pyrrole nitrogens is 1. The van der Waals surface area contributed by atoms with Crippen LogP contribution in [0.15, 0.2) is 45.6 Å². The normalized spacial score (nSPS) is 12.1. The molecule has 206 valence electrons. The van der Waals surface area contributed by atoms with Gasteiger partial charge in [0.15, 0.2) is 0 Å². The zero-order valence-corrected chi connectivity index (χ0v) is 20.8. The third-order valence-electron chi connectivity index (χ3n) is 4.27. The van der Waals surface area contributed by atoms with E-state index in [9.17, 15) is 36.0 Å². The Bertz CT molecular complexity index is 1420. The molecule has 0 aliphatic rings. The predicted octanol–water partition coefficient (Wildman–Crippen LogP) is 2.25. The molecule has 3 aromatic rings. The molecule has 0 saturated heterocycles. The largest absolute Gasteiger partial charge is 0.534 e. The fourth-order valence-corrected chi connectivity index (χ4v) is 3.08. The molecule has 0 spiro atoms. The summed E-state index contributed by atoms with van der Waals surface area (Å²) in [5.41, 5.74) is -5.77. The van der Waals surface area contributed by atoms with Crippen LogP contribution in [0.4, 0.5) is 13.2 Å².